The molecule has 1 heterocycles. The molecule has 0 aliphatic carbocycles. The van der Waals surface area contributed by atoms with Gasteiger partial charge in [-0.2, -0.15) is 0 Å². The monoisotopic (exact) mass is 580 g/mol. The summed E-state index contributed by atoms with van der Waals surface area (Å²) in [5.41, 5.74) is 2.83. The lowest BCUT2D eigenvalue weighted by atomic mass is 10.0. The first-order chi connectivity index (χ1) is 15.4. The number of azo groups is 1. The maximum atomic E-state index is 12.4. The van der Waals surface area contributed by atoms with E-state index in [2.05, 4.69) is 42.1 Å². The van der Waals surface area contributed by atoms with Crippen LogP contribution in [0.2, 0.25) is 0 Å². The third-order valence-corrected chi connectivity index (χ3v) is 7.05. The topological polar surface area (TPSA) is 119 Å². The minimum atomic E-state index is -0.671. The lowest BCUT2D eigenvalue weighted by Crippen LogP contribution is -2.10. The summed E-state index contributed by atoms with van der Waals surface area (Å²) in [7, 11) is 1.60. The molecular formula is C22H22Br2N4O5. The van der Waals surface area contributed by atoms with Crippen LogP contribution >= 0.6 is 31.9 Å². The molecule has 11 heteroatoms. The molecule has 0 aliphatic heterocycles. The molecule has 9 nitrogen and oxygen atoms in total. The van der Waals surface area contributed by atoms with E-state index in [0.717, 1.165) is 20.1 Å². The van der Waals surface area contributed by atoms with Crippen LogP contribution in [0.5, 0.6) is 11.6 Å². The average Bonchev–Trinajstić information content (AvgIpc) is 2.99. The van der Waals surface area contributed by atoms with E-state index < -0.39 is 10.8 Å². The third kappa shape index (κ3) is 4.79. The van der Waals surface area contributed by atoms with Crippen molar-refractivity contribution < 1.29 is 19.6 Å². The first-order valence-electron chi connectivity index (χ1n) is 9.96. The number of ether oxygens (including phenoxy) is 1. The molecule has 1 amide bonds. The van der Waals surface area contributed by atoms with Crippen LogP contribution in [0, 0.1) is 24.0 Å². The molecule has 1 aromatic heterocycles. The Morgan fingerprint density at radius 2 is 1.94 bits per heavy atom. The van der Waals surface area contributed by atoms with Gasteiger partial charge in [0, 0.05) is 29.0 Å². The molecule has 0 saturated carbocycles. The Morgan fingerprint density at radius 1 is 1.27 bits per heavy atom. The Hall–Kier alpha value is -2.79. The maximum Gasteiger partial charge on any atom is 0.302 e. The lowest BCUT2D eigenvalue weighted by molar-refractivity contribution is -0.384. The van der Waals surface area contributed by atoms with Gasteiger partial charge in [-0.25, -0.2) is 0 Å². The summed E-state index contributed by atoms with van der Waals surface area (Å²) in [5, 5.41) is 29.6. The highest BCUT2D eigenvalue weighted by atomic mass is 79.9. The molecule has 3 aromatic rings. The number of benzene rings is 2. The summed E-state index contributed by atoms with van der Waals surface area (Å²) >= 11 is 7.05. The number of carbonyl (C=O) groups excluding carboxylic acids is 1. The first-order valence-corrected chi connectivity index (χ1v) is 11.5. The summed E-state index contributed by atoms with van der Waals surface area (Å²) < 4.78 is 8.88. The Kier molecular flexibility index (Phi) is 7.23. The summed E-state index contributed by atoms with van der Waals surface area (Å²) in [6, 6.07) is 4.66. The second-order valence-electron chi connectivity index (χ2n) is 7.90. The van der Waals surface area contributed by atoms with Crippen molar-refractivity contribution >= 4 is 60.0 Å². The summed E-state index contributed by atoms with van der Waals surface area (Å²) in [6.45, 7) is 7.27. The number of carbonyl (C=O) groups is 1. The number of aromatic nitrogens is 1. The zero-order valence-corrected chi connectivity index (χ0v) is 21.8. The Bertz CT molecular complexity index is 1310. The van der Waals surface area contributed by atoms with Gasteiger partial charge in [0.15, 0.2) is 12.3 Å². The molecule has 1 N–H and O–H groups in total. The number of non-ortho nitro benzene ring substituents is 1. The van der Waals surface area contributed by atoms with Crippen LogP contribution in [-0.2, 0) is 11.8 Å². The Labute approximate surface area is 206 Å². The van der Waals surface area contributed by atoms with Gasteiger partial charge in [-0.1, -0.05) is 29.8 Å². The largest absolute Gasteiger partial charge is 0.493 e. The van der Waals surface area contributed by atoms with E-state index in [-0.39, 0.29) is 29.8 Å². The number of aryl methyl sites for hydroxylation is 2. The normalized spacial score (nSPS) is 11.6. The van der Waals surface area contributed by atoms with Crippen molar-refractivity contribution in [3.8, 4) is 11.6 Å². The molecule has 2 aromatic carbocycles. The van der Waals surface area contributed by atoms with E-state index >= 15 is 0 Å². The number of rotatable bonds is 6. The summed E-state index contributed by atoms with van der Waals surface area (Å²) in [4.78, 5) is 23.1. The number of fused-ring (bicyclic) bond motifs is 1. The summed E-state index contributed by atoms with van der Waals surface area (Å²) in [6.07, 6.45) is 0. The van der Waals surface area contributed by atoms with Crippen molar-refractivity contribution in [3.63, 3.8) is 0 Å². The number of aromatic hydroxyl groups is 1. The van der Waals surface area contributed by atoms with Crippen molar-refractivity contribution in [3.05, 3.63) is 53.9 Å². The number of nitro benzene ring substituents is 1. The van der Waals surface area contributed by atoms with Crippen molar-refractivity contribution in [1.82, 2.24) is 4.57 Å². The number of nitro groups is 1. The number of hydrogen-bond acceptors (Lipinski definition) is 6. The van der Waals surface area contributed by atoms with Crippen LogP contribution in [-0.4, -0.2) is 27.1 Å². The third-order valence-electron chi connectivity index (χ3n) is 5.27. The fraction of sp³-hybridized carbons (Fsp3) is 0.318. The van der Waals surface area contributed by atoms with Crippen LogP contribution in [0.25, 0.3) is 10.9 Å². The van der Waals surface area contributed by atoms with Gasteiger partial charge in [0.05, 0.1) is 14.9 Å². The van der Waals surface area contributed by atoms with E-state index in [0.29, 0.717) is 22.2 Å². The van der Waals surface area contributed by atoms with Crippen LogP contribution in [0.15, 0.2) is 37.4 Å². The van der Waals surface area contributed by atoms with E-state index in [1.807, 2.05) is 26.8 Å². The van der Waals surface area contributed by atoms with Crippen molar-refractivity contribution in [2.24, 2.45) is 17.3 Å². The molecular weight excluding hydrogens is 560 g/mol. The number of halogens is 2. The fourth-order valence-electron chi connectivity index (χ4n) is 3.53. The molecule has 0 atom stereocenters. The predicted molar refractivity (Wildman–Crippen MR) is 132 cm³/mol. The van der Waals surface area contributed by atoms with E-state index in [1.165, 1.54) is 16.7 Å². The van der Waals surface area contributed by atoms with Gasteiger partial charge in [0.2, 0.25) is 5.88 Å². The highest BCUT2D eigenvalue weighted by Gasteiger charge is 2.21. The molecule has 0 radical (unpaired) electrons. The van der Waals surface area contributed by atoms with Crippen LogP contribution in [0.3, 0.4) is 0 Å². The van der Waals surface area contributed by atoms with E-state index in [4.69, 9.17) is 4.74 Å². The highest BCUT2D eigenvalue weighted by molar-refractivity contribution is 9.11. The minimum Gasteiger partial charge on any atom is -0.493 e. The molecule has 33 heavy (non-hydrogen) atoms. The van der Waals surface area contributed by atoms with Crippen molar-refractivity contribution in [2.75, 3.05) is 6.61 Å². The van der Waals surface area contributed by atoms with Crippen molar-refractivity contribution in [1.29, 1.82) is 0 Å². The molecule has 3 rings (SSSR count). The van der Waals surface area contributed by atoms with Gasteiger partial charge in [-0.15, -0.1) is 10.2 Å². The average molecular weight is 582 g/mol. The molecule has 174 valence electrons. The lowest BCUT2D eigenvalue weighted by Gasteiger charge is -2.17. The van der Waals surface area contributed by atoms with E-state index in [1.54, 1.807) is 14.0 Å². The number of nitrogens with zero attached hydrogens (tertiary/aromatic N) is 4. The van der Waals surface area contributed by atoms with Crippen LogP contribution in [0.4, 0.5) is 11.4 Å². The van der Waals surface area contributed by atoms with Crippen LogP contribution in [0.1, 0.15) is 36.5 Å². The van der Waals surface area contributed by atoms with Gasteiger partial charge in [-0.3, -0.25) is 14.9 Å². The smallest absolute Gasteiger partial charge is 0.302 e. The Balaban J connectivity index is 1.90. The molecule has 0 spiro atoms. The molecule has 0 unspecified atom stereocenters. The highest BCUT2D eigenvalue weighted by Crippen LogP contribution is 2.42. The molecule has 0 aliphatic rings. The van der Waals surface area contributed by atoms with Gasteiger partial charge in [0.1, 0.15) is 5.75 Å². The first kappa shape index (κ1) is 24.8. The van der Waals surface area contributed by atoms with E-state index in [9.17, 15) is 20.0 Å². The molecule has 0 bridgehead atoms. The molecule has 0 saturated heterocycles. The quantitative estimate of drug-likeness (QED) is 0.196. The van der Waals surface area contributed by atoms with Gasteiger partial charge in [0.25, 0.3) is 5.69 Å². The minimum absolute atomic E-state index is 0.0174. The van der Waals surface area contributed by atoms with Crippen LogP contribution < -0.4 is 4.74 Å². The van der Waals surface area contributed by atoms with Gasteiger partial charge >= 0.3 is 5.91 Å². The molecule has 0 fully saturated rings. The van der Waals surface area contributed by atoms with Gasteiger partial charge in [-0.05, 0) is 58.5 Å². The van der Waals surface area contributed by atoms with Crippen molar-refractivity contribution in [2.45, 2.75) is 33.6 Å². The fourth-order valence-corrected chi connectivity index (χ4v) is 4.80. The standard InChI is InChI=1S/C22H22Br2N4O5/c1-10(2)14-8-16(23)12(4)18(24)21(14)33-9-17(29)25-26-19-15-7-13(28(31)32)6-11(3)20(15)27(5)22(19)30/h6-8,10,30H,9H2,1-5H3. The van der Waals surface area contributed by atoms with Gasteiger partial charge < -0.3 is 14.4 Å². The second kappa shape index (κ2) is 9.60. The zero-order valence-electron chi connectivity index (χ0n) is 18.6. The Morgan fingerprint density at radius 3 is 2.55 bits per heavy atom. The zero-order chi connectivity index (χ0) is 24.6. The summed E-state index contributed by atoms with van der Waals surface area (Å²) in [5.74, 6) is -0.222. The number of hydrogen-bond donors (Lipinski definition) is 1. The predicted octanol–water partition coefficient (Wildman–Crippen LogP) is 6.75. The number of amides is 1. The second-order valence-corrected chi connectivity index (χ2v) is 9.55. The SMILES string of the molecule is Cc1c(Br)cc(C(C)C)c(OCC(=O)N=Nc2c(O)n(C)c3c(C)cc([N+](=O)[O-])cc23)c1Br. The maximum absolute atomic E-state index is 12.4.